The van der Waals surface area contributed by atoms with Crippen LogP contribution < -0.4 is 10.1 Å². The minimum atomic E-state index is -0.252. The van der Waals surface area contributed by atoms with E-state index in [1.807, 2.05) is 36.6 Å². The van der Waals surface area contributed by atoms with Gasteiger partial charge in [-0.25, -0.2) is 9.97 Å². The van der Waals surface area contributed by atoms with Crippen molar-refractivity contribution in [2.24, 2.45) is 0 Å². The van der Waals surface area contributed by atoms with Crippen molar-refractivity contribution in [3.8, 4) is 11.6 Å². The molecule has 2 aromatic heterocycles. The van der Waals surface area contributed by atoms with E-state index in [9.17, 15) is 4.79 Å². The minimum Gasteiger partial charge on any atom is -0.437 e. The van der Waals surface area contributed by atoms with Gasteiger partial charge in [-0.05, 0) is 42.7 Å². The largest absolute Gasteiger partial charge is 0.437 e. The Morgan fingerprint density at radius 2 is 1.75 bits per heavy atom. The van der Waals surface area contributed by atoms with E-state index in [4.69, 9.17) is 4.74 Å². The third-order valence-electron chi connectivity index (χ3n) is 3.19. The third kappa shape index (κ3) is 3.72. The van der Waals surface area contributed by atoms with E-state index in [0.29, 0.717) is 27.9 Å². The minimum absolute atomic E-state index is 0.252. The summed E-state index contributed by atoms with van der Waals surface area (Å²) in [6.45, 7) is 0. The highest BCUT2D eigenvalue weighted by molar-refractivity contribution is 7.98. The zero-order valence-corrected chi connectivity index (χ0v) is 13.8. The molecule has 0 spiro atoms. The number of ether oxygens (including phenoxy) is 1. The molecule has 0 saturated heterocycles. The Labute approximate surface area is 144 Å². The van der Waals surface area contributed by atoms with Gasteiger partial charge in [0.15, 0.2) is 0 Å². The van der Waals surface area contributed by atoms with Crippen molar-refractivity contribution >= 4 is 23.4 Å². The van der Waals surface area contributed by atoms with Crippen LogP contribution in [0.4, 0.5) is 5.69 Å². The monoisotopic (exact) mass is 337 g/mol. The van der Waals surface area contributed by atoms with Crippen LogP contribution in [0.25, 0.3) is 0 Å². The molecule has 0 bridgehead atoms. The fourth-order valence-corrected chi connectivity index (χ4v) is 2.63. The van der Waals surface area contributed by atoms with Crippen molar-refractivity contribution in [1.82, 2.24) is 9.97 Å². The molecule has 0 unspecified atom stereocenters. The van der Waals surface area contributed by atoms with Crippen LogP contribution >= 0.6 is 11.8 Å². The normalized spacial score (nSPS) is 10.2. The van der Waals surface area contributed by atoms with Crippen LogP contribution in [0.2, 0.25) is 0 Å². The summed E-state index contributed by atoms with van der Waals surface area (Å²) in [7, 11) is 0. The molecule has 1 aromatic carbocycles. The Bertz CT molecular complexity index is 840. The van der Waals surface area contributed by atoms with Gasteiger partial charge in [0, 0.05) is 12.4 Å². The first-order chi connectivity index (χ1) is 11.8. The number of carbonyl (C=O) groups is 1. The molecular weight excluding hydrogens is 322 g/mol. The molecule has 120 valence electrons. The summed E-state index contributed by atoms with van der Waals surface area (Å²) >= 11 is 1.42. The van der Waals surface area contributed by atoms with E-state index in [1.54, 1.807) is 36.7 Å². The third-order valence-corrected chi connectivity index (χ3v) is 3.90. The summed E-state index contributed by atoms with van der Waals surface area (Å²) in [5, 5.41) is 3.51. The SMILES string of the molecule is CSc1ncccc1C(=O)Nc1cccnc1Oc1ccccc1. The molecule has 2 heterocycles. The van der Waals surface area contributed by atoms with Crippen molar-refractivity contribution < 1.29 is 9.53 Å². The number of aromatic nitrogens is 2. The molecule has 1 amide bonds. The lowest BCUT2D eigenvalue weighted by Crippen LogP contribution is -2.14. The van der Waals surface area contributed by atoms with E-state index in [-0.39, 0.29) is 5.91 Å². The maximum atomic E-state index is 12.6. The molecule has 3 rings (SSSR count). The number of amides is 1. The standard InChI is InChI=1S/C18H15N3O2S/c1-24-18-14(9-5-12-20-18)16(22)21-15-10-6-11-19-17(15)23-13-7-3-2-4-8-13/h2-12H,1H3,(H,21,22). The van der Waals surface area contributed by atoms with Crippen LogP contribution in [-0.4, -0.2) is 22.1 Å². The Hall–Kier alpha value is -2.86. The van der Waals surface area contributed by atoms with Crippen LogP contribution in [0.15, 0.2) is 72.0 Å². The predicted octanol–water partition coefficient (Wildman–Crippen LogP) is 4.24. The molecule has 0 aliphatic rings. The number of nitrogens with zero attached hydrogens (tertiary/aromatic N) is 2. The summed E-state index contributed by atoms with van der Waals surface area (Å²) < 4.78 is 5.76. The highest BCUT2D eigenvalue weighted by Gasteiger charge is 2.15. The predicted molar refractivity (Wildman–Crippen MR) is 94.7 cm³/mol. The number of benzene rings is 1. The van der Waals surface area contributed by atoms with E-state index in [0.717, 1.165) is 0 Å². The van der Waals surface area contributed by atoms with Gasteiger partial charge in [0.2, 0.25) is 5.88 Å². The fourth-order valence-electron chi connectivity index (χ4n) is 2.08. The van der Waals surface area contributed by atoms with Crippen LogP contribution in [0.3, 0.4) is 0 Å². The topological polar surface area (TPSA) is 64.1 Å². The maximum absolute atomic E-state index is 12.6. The first-order valence-corrected chi connectivity index (χ1v) is 8.48. The number of hydrogen-bond acceptors (Lipinski definition) is 5. The average Bonchev–Trinajstić information content (AvgIpc) is 2.64. The lowest BCUT2D eigenvalue weighted by atomic mass is 10.2. The Morgan fingerprint density at radius 3 is 2.54 bits per heavy atom. The van der Waals surface area contributed by atoms with Gasteiger partial charge >= 0.3 is 0 Å². The fraction of sp³-hybridized carbons (Fsp3) is 0.0556. The molecule has 0 radical (unpaired) electrons. The van der Waals surface area contributed by atoms with Crippen molar-refractivity contribution in [2.45, 2.75) is 5.03 Å². The number of thioether (sulfide) groups is 1. The molecule has 0 aliphatic heterocycles. The molecule has 1 N–H and O–H groups in total. The number of rotatable bonds is 5. The van der Waals surface area contributed by atoms with E-state index < -0.39 is 0 Å². The number of pyridine rings is 2. The molecule has 0 aliphatic carbocycles. The zero-order chi connectivity index (χ0) is 16.8. The van der Waals surface area contributed by atoms with Crippen molar-refractivity contribution in [2.75, 3.05) is 11.6 Å². The number of carbonyl (C=O) groups excluding carboxylic acids is 1. The Kier molecular flexibility index (Phi) is 5.08. The van der Waals surface area contributed by atoms with Crippen LogP contribution in [0, 0.1) is 0 Å². The zero-order valence-electron chi connectivity index (χ0n) is 13.0. The highest BCUT2D eigenvalue weighted by atomic mass is 32.2. The molecule has 0 fully saturated rings. The molecule has 5 nitrogen and oxygen atoms in total. The van der Waals surface area contributed by atoms with Gasteiger partial charge in [-0.1, -0.05) is 18.2 Å². The average molecular weight is 337 g/mol. The molecule has 24 heavy (non-hydrogen) atoms. The summed E-state index contributed by atoms with van der Waals surface area (Å²) in [6, 6.07) is 16.3. The molecule has 3 aromatic rings. The van der Waals surface area contributed by atoms with Crippen molar-refractivity contribution in [3.63, 3.8) is 0 Å². The second-order valence-corrected chi connectivity index (χ2v) is 5.58. The van der Waals surface area contributed by atoms with E-state index in [1.165, 1.54) is 11.8 Å². The quantitative estimate of drug-likeness (QED) is 0.705. The molecule has 6 heteroatoms. The van der Waals surface area contributed by atoms with Gasteiger partial charge in [-0.3, -0.25) is 4.79 Å². The molecular formula is C18H15N3O2S. The van der Waals surface area contributed by atoms with E-state index in [2.05, 4.69) is 15.3 Å². The molecule has 0 atom stereocenters. The van der Waals surface area contributed by atoms with Gasteiger partial charge in [-0.2, -0.15) is 0 Å². The second kappa shape index (κ2) is 7.61. The number of hydrogen-bond donors (Lipinski definition) is 1. The van der Waals surface area contributed by atoms with E-state index >= 15 is 0 Å². The summed E-state index contributed by atoms with van der Waals surface area (Å²) in [5.41, 5.74) is 1.02. The highest BCUT2D eigenvalue weighted by Crippen LogP contribution is 2.27. The summed E-state index contributed by atoms with van der Waals surface area (Å²) in [4.78, 5) is 21.0. The van der Waals surface area contributed by atoms with Crippen molar-refractivity contribution in [3.05, 3.63) is 72.6 Å². The second-order valence-electron chi connectivity index (χ2n) is 4.79. The van der Waals surface area contributed by atoms with Crippen LogP contribution in [0.1, 0.15) is 10.4 Å². The maximum Gasteiger partial charge on any atom is 0.258 e. The Balaban J connectivity index is 1.84. The van der Waals surface area contributed by atoms with Gasteiger partial charge in [-0.15, -0.1) is 11.8 Å². The first kappa shape index (κ1) is 16.0. The Morgan fingerprint density at radius 1 is 1.00 bits per heavy atom. The lowest BCUT2D eigenvalue weighted by Gasteiger charge is -2.12. The summed E-state index contributed by atoms with van der Waals surface area (Å²) in [5.74, 6) is 0.739. The lowest BCUT2D eigenvalue weighted by molar-refractivity contribution is 0.102. The van der Waals surface area contributed by atoms with Gasteiger partial charge in [0.25, 0.3) is 5.91 Å². The van der Waals surface area contributed by atoms with Gasteiger partial charge < -0.3 is 10.1 Å². The number of nitrogens with one attached hydrogen (secondary N) is 1. The first-order valence-electron chi connectivity index (χ1n) is 7.26. The van der Waals surface area contributed by atoms with Gasteiger partial charge in [0.1, 0.15) is 16.5 Å². The number of para-hydroxylation sites is 1. The van der Waals surface area contributed by atoms with Crippen LogP contribution in [0.5, 0.6) is 11.6 Å². The van der Waals surface area contributed by atoms with Crippen LogP contribution in [-0.2, 0) is 0 Å². The number of anilines is 1. The molecule has 0 saturated carbocycles. The van der Waals surface area contributed by atoms with Crippen molar-refractivity contribution in [1.29, 1.82) is 0 Å². The summed E-state index contributed by atoms with van der Waals surface area (Å²) in [6.07, 6.45) is 5.16. The van der Waals surface area contributed by atoms with Gasteiger partial charge in [0.05, 0.1) is 5.56 Å². The smallest absolute Gasteiger partial charge is 0.258 e.